The molecule has 3 rings (SSSR count). The number of hydrogen-bond acceptors (Lipinski definition) is 6. The Balaban J connectivity index is 1.60. The van der Waals surface area contributed by atoms with Gasteiger partial charge in [-0.25, -0.2) is 9.78 Å². The van der Waals surface area contributed by atoms with E-state index in [9.17, 15) is 14.4 Å². The number of thiazole rings is 1. The predicted octanol–water partition coefficient (Wildman–Crippen LogP) is 4.25. The molecule has 0 saturated carbocycles. The molecule has 1 N–H and O–H groups in total. The average Bonchev–Trinajstić information content (AvgIpc) is 3.26. The molecule has 1 aromatic heterocycles. The Morgan fingerprint density at radius 1 is 1.09 bits per heavy atom. The molecule has 0 aliphatic carbocycles. The summed E-state index contributed by atoms with van der Waals surface area (Å²) in [5.74, 6) is -1.08. The summed E-state index contributed by atoms with van der Waals surface area (Å²) >= 11 is 1.29. The minimum atomic E-state index is -0.813. The van der Waals surface area contributed by atoms with Crippen molar-refractivity contribution in [3.05, 3.63) is 76.8 Å². The molecule has 0 aliphatic rings. The van der Waals surface area contributed by atoms with Crippen LogP contribution in [0.2, 0.25) is 0 Å². The second-order valence-corrected chi connectivity index (χ2v) is 8.00. The van der Waals surface area contributed by atoms with Gasteiger partial charge in [-0.3, -0.25) is 14.5 Å². The summed E-state index contributed by atoms with van der Waals surface area (Å²) in [6.45, 7) is 5.06. The highest BCUT2D eigenvalue weighted by molar-refractivity contribution is 7.14. The van der Waals surface area contributed by atoms with E-state index in [4.69, 9.17) is 4.74 Å². The van der Waals surface area contributed by atoms with Crippen LogP contribution in [0, 0.1) is 0 Å². The van der Waals surface area contributed by atoms with Crippen LogP contribution in [0.3, 0.4) is 0 Å². The van der Waals surface area contributed by atoms with Crippen molar-refractivity contribution in [2.45, 2.75) is 39.8 Å². The Hall–Kier alpha value is -3.52. The summed E-state index contributed by atoms with van der Waals surface area (Å²) < 4.78 is 5.30. The van der Waals surface area contributed by atoms with E-state index in [2.05, 4.69) is 17.2 Å². The third-order valence-corrected chi connectivity index (χ3v) is 5.62. The van der Waals surface area contributed by atoms with Gasteiger partial charge in [-0.05, 0) is 43.2 Å². The third kappa shape index (κ3) is 5.79. The van der Waals surface area contributed by atoms with Gasteiger partial charge in [0, 0.05) is 17.9 Å². The van der Waals surface area contributed by atoms with Crippen molar-refractivity contribution in [1.29, 1.82) is 0 Å². The monoisotopic (exact) mass is 451 g/mol. The fraction of sp³-hybridized carbons (Fsp3) is 0.250. The summed E-state index contributed by atoms with van der Waals surface area (Å²) in [5, 5.41) is 4.86. The van der Waals surface area contributed by atoms with Crippen molar-refractivity contribution in [3.8, 4) is 0 Å². The standard InChI is InChI=1S/C24H25N3O4S/c1-4-18-10-12-21(13-11-18)27(17(3)28)24-26-20(15-32-24)14-31-23(30)16(2)25-22(29)19-8-6-5-7-9-19/h5-13,15-16H,4,14H2,1-3H3,(H,25,29)/t16-/m0/s1. The highest BCUT2D eigenvalue weighted by Gasteiger charge is 2.20. The van der Waals surface area contributed by atoms with Gasteiger partial charge >= 0.3 is 5.97 Å². The zero-order valence-electron chi connectivity index (χ0n) is 18.2. The zero-order valence-corrected chi connectivity index (χ0v) is 19.0. The minimum absolute atomic E-state index is 0.0542. The molecule has 166 valence electrons. The molecule has 0 spiro atoms. The van der Waals surface area contributed by atoms with Gasteiger partial charge < -0.3 is 10.1 Å². The maximum atomic E-state index is 12.3. The number of rotatable bonds is 8. The van der Waals surface area contributed by atoms with Crippen LogP contribution in [0.1, 0.15) is 42.4 Å². The lowest BCUT2D eigenvalue weighted by molar-refractivity contribution is -0.146. The normalized spacial score (nSPS) is 11.5. The number of benzene rings is 2. The first-order chi connectivity index (χ1) is 15.4. The Labute approximate surface area is 191 Å². The third-order valence-electron chi connectivity index (χ3n) is 4.75. The van der Waals surface area contributed by atoms with Crippen molar-refractivity contribution >= 4 is 39.9 Å². The molecule has 2 amide bonds. The Morgan fingerprint density at radius 2 is 1.78 bits per heavy atom. The number of esters is 1. The number of amides is 2. The number of carbonyl (C=O) groups excluding carboxylic acids is 3. The molecule has 0 aliphatic heterocycles. The quantitative estimate of drug-likeness (QED) is 0.517. The molecule has 3 aromatic rings. The first-order valence-corrected chi connectivity index (χ1v) is 11.1. The molecule has 0 unspecified atom stereocenters. The van der Waals surface area contributed by atoms with Crippen molar-refractivity contribution in [1.82, 2.24) is 10.3 Å². The predicted molar refractivity (Wildman–Crippen MR) is 124 cm³/mol. The molecule has 7 nitrogen and oxygen atoms in total. The van der Waals surface area contributed by atoms with E-state index in [1.807, 2.05) is 30.3 Å². The smallest absolute Gasteiger partial charge is 0.328 e. The Morgan fingerprint density at radius 3 is 2.41 bits per heavy atom. The number of ether oxygens (including phenoxy) is 1. The van der Waals surface area contributed by atoms with E-state index in [0.29, 0.717) is 16.4 Å². The average molecular weight is 452 g/mol. The lowest BCUT2D eigenvalue weighted by atomic mass is 10.1. The van der Waals surface area contributed by atoms with Gasteiger partial charge in [0.05, 0.1) is 11.4 Å². The molecule has 1 atom stereocenters. The maximum absolute atomic E-state index is 12.3. The number of nitrogens with one attached hydrogen (secondary N) is 1. The number of hydrogen-bond donors (Lipinski definition) is 1. The summed E-state index contributed by atoms with van der Waals surface area (Å²) in [4.78, 5) is 42.7. The van der Waals surface area contributed by atoms with Crippen LogP contribution in [-0.2, 0) is 27.4 Å². The number of aryl methyl sites for hydroxylation is 1. The summed E-state index contributed by atoms with van der Waals surface area (Å²) in [6, 6.07) is 15.6. The molecular formula is C24H25N3O4S. The fourth-order valence-electron chi connectivity index (χ4n) is 2.97. The van der Waals surface area contributed by atoms with Gasteiger partial charge in [-0.15, -0.1) is 11.3 Å². The van der Waals surface area contributed by atoms with E-state index in [1.54, 1.807) is 36.6 Å². The maximum Gasteiger partial charge on any atom is 0.328 e. The lowest BCUT2D eigenvalue weighted by Crippen LogP contribution is -2.39. The summed E-state index contributed by atoms with van der Waals surface area (Å²) in [7, 11) is 0. The lowest BCUT2D eigenvalue weighted by Gasteiger charge is -2.18. The molecule has 0 fully saturated rings. The van der Waals surface area contributed by atoms with E-state index >= 15 is 0 Å². The Kier molecular flexibility index (Phi) is 7.72. The molecule has 0 bridgehead atoms. The molecular weight excluding hydrogens is 426 g/mol. The van der Waals surface area contributed by atoms with Crippen LogP contribution in [0.15, 0.2) is 60.0 Å². The van der Waals surface area contributed by atoms with E-state index in [1.165, 1.54) is 28.7 Å². The van der Waals surface area contributed by atoms with Crippen molar-refractivity contribution in [2.24, 2.45) is 0 Å². The number of anilines is 2. The highest BCUT2D eigenvalue weighted by atomic mass is 32.1. The summed E-state index contributed by atoms with van der Waals surface area (Å²) in [5.41, 5.74) is 2.89. The van der Waals surface area contributed by atoms with Crippen molar-refractivity contribution in [2.75, 3.05) is 4.90 Å². The van der Waals surface area contributed by atoms with Gasteiger partial charge in [-0.2, -0.15) is 0 Å². The van der Waals surface area contributed by atoms with Crippen LogP contribution >= 0.6 is 11.3 Å². The second-order valence-electron chi connectivity index (χ2n) is 7.16. The van der Waals surface area contributed by atoms with E-state index in [-0.39, 0.29) is 18.4 Å². The Bertz CT molecular complexity index is 1080. The molecule has 8 heteroatoms. The number of aromatic nitrogens is 1. The van der Waals surface area contributed by atoms with Crippen LogP contribution in [0.4, 0.5) is 10.8 Å². The van der Waals surface area contributed by atoms with Crippen LogP contribution in [0.25, 0.3) is 0 Å². The second kappa shape index (κ2) is 10.7. The highest BCUT2D eigenvalue weighted by Crippen LogP contribution is 2.29. The molecule has 2 aromatic carbocycles. The van der Waals surface area contributed by atoms with Gasteiger partial charge in [-0.1, -0.05) is 37.3 Å². The molecule has 0 saturated heterocycles. The SMILES string of the molecule is CCc1ccc(N(C(C)=O)c2nc(COC(=O)[C@H](C)NC(=O)c3ccccc3)cs2)cc1. The van der Waals surface area contributed by atoms with E-state index < -0.39 is 12.0 Å². The summed E-state index contributed by atoms with van der Waals surface area (Å²) in [6.07, 6.45) is 0.914. The van der Waals surface area contributed by atoms with E-state index in [0.717, 1.165) is 12.1 Å². The van der Waals surface area contributed by atoms with Gasteiger partial charge in [0.25, 0.3) is 5.91 Å². The van der Waals surface area contributed by atoms with Gasteiger partial charge in [0.1, 0.15) is 12.6 Å². The zero-order chi connectivity index (χ0) is 23.1. The van der Waals surface area contributed by atoms with Crippen LogP contribution in [-0.4, -0.2) is 28.8 Å². The number of nitrogens with zero attached hydrogens (tertiary/aromatic N) is 2. The number of carbonyl (C=O) groups is 3. The fourth-order valence-corrected chi connectivity index (χ4v) is 3.84. The minimum Gasteiger partial charge on any atom is -0.458 e. The topological polar surface area (TPSA) is 88.6 Å². The van der Waals surface area contributed by atoms with Crippen LogP contribution < -0.4 is 10.2 Å². The van der Waals surface area contributed by atoms with Crippen molar-refractivity contribution < 1.29 is 19.1 Å². The molecule has 0 radical (unpaired) electrons. The molecule has 32 heavy (non-hydrogen) atoms. The first kappa shape index (κ1) is 23.1. The largest absolute Gasteiger partial charge is 0.458 e. The van der Waals surface area contributed by atoms with Gasteiger partial charge in [0.15, 0.2) is 5.13 Å². The first-order valence-electron chi connectivity index (χ1n) is 10.3. The van der Waals surface area contributed by atoms with Gasteiger partial charge in [0.2, 0.25) is 5.91 Å². The van der Waals surface area contributed by atoms with Crippen LogP contribution in [0.5, 0.6) is 0 Å². The van der Waals surface area contributed by atoms with Crippen molar-refractivity contribution in [3.63, 3.8) is 0 Å². The molecule has 1 heterocycles.